The number of carbonyl (C=O) groups is 3. The lowest BCUT2D eigenvalue weighted by atomic mass is 9.98. The van der Waals surface area contributed by atoms with E-state index in [0.717, 1.165) is 18.7 Å². The van der Waals surface area contributed by atoms with Gasteiger partial charge < -0.3 is 25.5 Å². The van der Waals surface area contributed by atoms with Crippen LogP contribution in [0.15, 0.2) is 66.7 Å². The maximum absolute atomic E-state index is 13.2. The monoisotopic (exact) mass is 546 g/mol. The van der Waals surface area contributed by atoms with E-state index >= 15 is 0 Å². The van der Waals surface area contributed by atoms with Crippen LogP contribution in [0.25, 0.3) is 11.3 Å². The molecule has 0 saturated carbocycles. The third-order valence-electron chi connectivity index (χ3n) is 6.44. The zero-order valence-corrected chi connectivity index (χ0v) is 22.9. The number of aliphatic carboxylic acids is 1. The normalized spacial score (nSPS) is 13.6. The van der Waals surface area contributed by atoms with Gasteiger partial charge in [0.05, 0.1) is 23.4 Å². The minimum absolute atomic E-state index is 0.0357. The number of anilines is 3. The Morgan fingerprint density at radius 2 is 1.74 bits per heavy atom. The first-order valence-electron chi connectivity index (χ1n) is 12.6. The van der Waals surface area contributed by atoms with Gasteiger partial charge in [-0.2, -0.15) is 0 Å². The molecule has 0 aromatic heterocycles. The molecule has 1 aliphatic rings. The summed E-state index contributed by atoms with van der Waals surface area (Å²) < 4.78 is 0. The van der Waals surface area contributed by atoms with Crippen molar-refractivity contribution in [2.45, 2.75) is 19.3 Å². The molecule has 39 heavy (non-hydrogen) atoms. The minimum Gasteiger partial charge on any atom is -0.481 e. The van der Waals surface area contributed by atoms with Crippen LogP contribution in [0.1, 0.15) is 29.5 Å². The first-order chi connectivity index (χ1) is 18.6. The number of carbonyl (C=O) groups excluding carboxylic acids is 2. The molecule has 202 valence electrons. The Hall–Kier alpha value is -4.14. The van der Waals surface area contributed by atoms with E-state index in [1.54, 1.807) is 48.3 Å². The SMILES string of the molecule is CN(C)CCCC(=O)N(C)c1ccc(NC(=C2C(=O)Nc3cc(Cl)ccc32)c2cccc(CC(=O)O)c2)cc1. The maximum atomic E-state index is 13.2. The summed E-state index contributed by atoms with van der Waals surface area (Å²) in [4.78, 5) is 40.8. The van der Waals surface area contributed by atoms with Gasteiger partial charge in [-0.05, 0) is 80.7 Å². The van der Waals surface area contributed by atoms with E-state index in [1.807, 2.05) is 44.4 Å². The van der Waals surface area contributed by atoms with Crippen LogP contribution in [0.2, 0.25) is 5.02 Å². The lowest BCUT2D eigenvalue weighted by Crippen LogP contribution is -2.27. The Bertz CT molecular complexity index is 1430. The first kappa shape index (κ1) is 27.9. The third-order valence-corrected chi connectivity index (χ3v) is 6.68. The third kappa shape index (κ3) is 6.85. The van der Waals surface area contributed by atoms with Crippen molar-refractivity contribution in [2.24, 2.45) is 0 Å². The molecule has 8 nitrogen and oxygen atoms in total. The van der Waals surface area contributed by atoms with Crippen molar-refractivity contribution < 1.29 is 19.5 Å². The zero-order chi connectivity index (χ0) is 28.1. The number of benzene rings is 3. The lowest BCUT2D eigenvalue weighted by Gasteiger charge is -2.19. The van der Waals surface area contributed by atoms with Crippen LogP contribution >= 0.6 is 11.6 Å². The van der Waals surface area contributed by atoms with E-state index in [-0.39, 0.29) is 18.2 Å². The van der Waals surface area contributed by atoms with Crippen LogP contribution in [0.5, 0.6) is 0 Å². The van der Waals surface area contributed by atoms with Crippen molar-refractivity contribution in [2.75, 3.05) is 43.2 Å². The van der Waals surface area contributed by atoms with Gasteiger partial charge in [0.2, 0.25) is 5.91 Å². The maximum Gasteiger partial charge on any atom is 0.307 e. The summed E-state index contributed by atoms with van der Waals surface area (Å²) in [6, 6.07) is 19.7. The van der Waals surface area contributed by atoms with Crippen molar-refractivity contribution >= 4 is 57.7 Å². The molecule has 0 spiro atoms. The van der Waals surface area contributed by atoms with Crippen molar-refractivity contribution in [3.8, 4) is 0 Å². The molecule has 0 saturated heterocycles. The molecular weight excluding hydrogens is 516 g/mol. The number of fused-ring (bicyclic) bond motifs is 1. The molecule has 0 radical (unpaired) electrons. The Morgan fingerprint density at radius 3 is 2.44 bits per heavy atom. The average Bonchev–Trinajstić information content (AvgIpc) is 3.21. The number of carboxylic acid groups (broad SMARTS) is 1. The molecule has 0 aliphatic carbocycles. The molecule has 0 unspecified atom stereocenters. The summed E-state index contributed by atoms with van der Waals surface area (Å²) in [5, 5.41) is 16.0. The van der Waals surface area contributed by atoms with Crippen LogP contribution < -0.4 is 15.5 Å². The molecule has 9 heteroatoms. The molecule has 3 aromatic rings. The van der Waals surface area contributed by atoms with Gasteiger partial charge in [-0.25, -0.2) is 0 Å². The number of amides is 2. The fourth-order valence-electron chi connectivity index (χ4n) is 4.45. The van der Waals surface area contributed by atoms with Crippen LogP contribution in [-0.2, 0) is 20.8 Å². The second-order valence-electron chi connectivity index (χ2n) is 9.70. The minimum atomic E-state index is -0.941. The molecule has 3 N–H and O–H groups in total. The number of rotatable bonds is 10. The van der Waals surface area contributed by atoms with Crippen molar-refractivity contribution in [3.05, 3.63) is 88.4 Å². The zero-order valence-electron chi connectivity index (χ0n) is 22.1. The fourth-order valence-corrected chi connectivity index (χ4v) is 4.63. The average molecular weight is 547 g/mol. The standard InChI is InChI=1S/C30H31ClN4O4/c1-34(2)15-5-8-26(36)35(3)23-12-10-22(11-13-23)32-29(20-7-4-6-19(16-20)17-27(37)38)28-24-14-9-21(31)18-25(24)33-30(28)39/h4,6-7,9-14,16,18,32H,5,8,15,17H2,1-3H3,(H,33,39)(H,37,38). The summed E-state index contributed by atoms with van der Waals surface area (Å²) in [6.45, 7) is 0.844. The first-order valence-corrected chi connectivity index (χ1v) is 12.9. The van der Waals surface area contributed by atoms with Crippen molar-refractivity contribution in [1.29, 1.82) is 0 Å². The Labute approximate surface area is 232 Å². The smallest absolute Gasteiger partial charge is 0.307 e. The molecular formula is C30H31ClN4O4. The Kier molecular flexibility index (Phi) is 8.69. The quantitative estimate of drug-likeness (QED) is 0.302. The van der Waals surface area contributed by atoms with Crippen molar-refractivity contribution in [1.82, 2.24) is 4.90 Å². The van der Waals surface area contributed by atoms with E-state index in [2.05, 4.69) is 15.5 Å². The van der Waals surface area contributed by atoms with E-state index in [4.69, 9.17) is 11.6 Å². The number of nitrogens with zero attached hydrogens (tertiary/aromatic N) is 2. The molecule has 3 aromatic carbocycles. The van der Waals surface area contributed by atoms with E-state index in [1.165, 1.54) is 0 Å². The summed E-state index contributed by atoms with van der Waals surface area (Å²) in [7, 11) is 5.72. The second-order valence-corrected chi connectivity index (χ2v) is 10.1. The second kappa shape index (κ2) is 12.1. The van der Waals surface area contributed by atoms with Crippen LogP contribution in [0.3, 0.4) is 0 Å². The van der Waals surface area contributed by atoms with Crippen LogP contribution in [0, 0.1) is 0 Å². The summed E-state index contributed by atoms with van der Waals surface area (Å²) in [5.74, 6) is -1.20. The van der Waals surface area contributed by atoms with Gasteiger partial charge in [0, 0.05) is 35.4 Å². The Morgan fingerprint density at radius 1 is 1.00 bits per heavy atom. The number of halogens is 1. The molecule has 0 atom stereocenters. The summed E-state index contributed by atoms with van der Waals surface area (Å²) >= 11 is 6.15. The highest BCUT2D eigenvalue weighted by atomic mass is 35.5. The number of nitrogens with one attached hydrogen (secondary N) is 2. The Balaban J connectivity index is 1.67. The predicted octanol–water partition coefficient (Wildman–Crippen LogP) is 5.20. The highest BCUT2D eigenvalue weighted by Crippen LogP contribution is 2.39. The van der Waals surface area contributed by atoms with Crippen LogP contribution in [0.4, 0.5) is 17.1 Å². The van der Waals surface area contributed by atoms with Gasteiger partial charge in [0.1, 0.15) is 0 Å². The van der Waals surface area contributed by atoms with Crippen LogP contribution in [-0.4, -0.2) is 55.5 Å². The molecule has 0 fully saturated rings. The summed E-state index contributed by atoms with van der Waals surface area (Å²) in [6.07, 6.45) is 1.09. The van der Waals surface area contributed by atoms with E-state index in [9.17, 15) is 19.5 Å². The predicted molar refractivity (Wildman–Crippen MR) is 156 cm³/mol. The number of carboxylic acids is 1. The van der Waals surface area contributed by atoms with E-state index < -0.39 is 5.97 Å². The molecule has 2 amide bonds. The molecule has 1 heterocycles. The highest BCUT2D eigenvalue weighted by molar-refractivity contribution is 6.38. The van der Waals surface area contributed by atoms with Gasteiger partial charge in [-0.1, -0.05) is 35.9 Å². The molecule has 1 aliphatic heterocycles. The number of hydrogen-bond donors (Lipinski definition) is 3. The highest BCUT2D eigenvalue weighted by Gasteiger charge is 2.29. The van der Waals surface area contributed by atoms with Gasteiger partial charge in [-0.3, -0.25) is 14.4 Å². The van der Waals surface area contributed by atoms with E-state index in [0.29, 0.717) is 50.8 Å². The molecule has 4 rings (SSSR count). The fraction of sp³-hybridized carbons (Fsp3) is 0.233. The van der Waals surface area contributed by atoms with Gasteiger partial charge in [0.15, 0.2) is 0 Å². The topological polar surface area (TPSA) is 102 Å². The number of hydrogen-bond acceptors (Lipinski definition) is 5. The molecule has 0 bridgehead atoms. The van der Waals surface area contributed by atoms with Gasteiger partial charge in [-0.15, -0.1) is 0 Å². The largest absolute Gasteiger partial charge is 0.481 e. The van der Waals surface area contributed by atoms with Gasteiger partial charge >= 0.3 is 5.97 Å². The van der Waals surface area contributed by atoms with Gasteiger partial charge in [0.25, 0.3) is 5.91 Å². The van der Waals surface area contributed by atoms with Crippen molar-refractivity contribution in [3.63, 3.8) is 0 Å². The lowest BCUT2D eigenvalue weighted by molar-refractivity contribution is -0.136. The summed E-state index contributed by atoms with van der Waals surface area (Å²) in [5.41, 5.74) is 4.98.